The Kier molecular flexibility index (Phi) is 4.96. The van der Waals surface area contributed by atoms with Crippen LogP contribution in [0.1, 0.15) is 20.3 Å². The fraction of sp³-hybridized carbons (Fsp3) is 0.417. The monoisotopic (exact) mass is 284 g/mol. The number of benzene rings is 1. The zero-order valence-corrected chi connectivity index (χ0v) is 11.1. The molecule has 0 aliphatic heterocycles. The van der Waals surface area contributed by atoms with Crippen LogP contribution in [0.5, 0.6) is 0 Å². The Balaban J connectivity index is 2.52. The van der Waals surface area contributed by atoms with Gasteiger partial charge in [-0.25, -0.2) is 0 Å². The van der Waals surface area contributed by atoms with Crippen LogP contribution in [-0.4, -0.2) is 11.9 Å². The van der Waals surface area contributed by atoms with E-state index >= 15 is 0 Å². The van der Waals surface area contributed by atoms with Gasteiger partial charge in [0.1, 0.15) is 0 Å². The fourth-order valence-corrected chi connectivity index (χ4v) is 1.63. The van der Waals surface area contributed by atoms with E-state index in [0.29, 0.717) is 12.3 Å². The number of halogens is 1. The van der Waals surface area contributed by atoms with E-state index in [1.807, 2.05) is 38.1 Å². The normalized spacial score (nSPS) is 12.6. The van der Waals surface area contributed by atoms with E-state index in [-0.39, 0.29) is 11.9 Å². The van der Waals surface area contributed by atoms with Gasteiger partial charge >= 0.3 is 0 Å². The van der Waals surface area contributed by atoms with Gasteiger partial charge in [-0.15, -0.1) is 0 Å². The smallest absolute Gasteiger partial charge is 0.225 e. The van der Waals surface area contributed by atoms with Crippen molar-refractivity contribution in [3.63, 3.8) is 0 Å². The molecule has 1 aromatic carbocycles. The van der Waals surface area contributed by atoms with Gasteiger partial charge in [-0.1, -0.05) is 35.8 Å². The summed E-state index contributed by atoms with van der Waals surface area (Å²) in [5, 5.41) is 2.82. The van der Waals surface area contributed by atoms with Crippen LogP contribution in [0, 0.1) is 5.92 Å². The number of rotatable bonds is 4. The topological polar surface area (TPSA) is 55.1 Å². The van der Waals surface area contributed by atoms with Crippen molar-refractivity contribution in [3.8, 4) is 0 Å². The van der Waals surface area contributed by atoms with Crippen LogP contribution in [0.15, 0.2) is 28.7 Å². The van der Waals surface area contributed by atoms with Crippen molar-refractivity contribution in [2.75, 3.05) is 5.32 Å². The van der Waals surface area contributed by atoms with E-state index in [2.05, 4.69) is 21.2 Å². The summed E-state index contributed by atoms with van der Waals surface area (Å²) in [6, 6.07) is 7.41. The predicted octanol–water partition coefficient (Wildman–Crippen LogP) is 2.76. The van der Waals surface area contributed by atoms with Gasteiger partial charge in [-0.05, 0) is 24.1 Å². The van der Waals surface area contributed by atoms with Crippen LogP contribution in [0.4, 0.5) is 5.69 Å². The maximum Gasteiger partial charge on any atom is 0.225 e. The first-order valence-corrected chi connectivity index (χ1v) is 6.09. The lowest BCUT2D eigenvalue weighted by molar-refractivity contribution is -0.116. The second-order valence-corrected chi connectivity index (χ2v) is 5.09. The Hall–Kier alpha value is -0.870. The number of anilines is 1. The molecular formula is C12H17BrN2O. The first-order chi connectivity index (χ1) is 7.49. The van der Waals surface area contributed by atoms with Gasteiger partial charge in [-0.3, -0.25) is 4.79 Å². The third-order valence-electron chi connectivity index (χ3n) is 2.39. The number of hydrogen-bond donors (Lipinski definition) is 2. The van der Waals surface area contributed by atoms with Crippen molar-refractivity contribution in [1.82, 2.24) is 0 Å². The first kappa shape index (κ1) is 13.2. The summed E-state index contributed by atoms with van der Waals surface area (Å²) < 4.78 is 0.943. The molecule has 3 N–H and O–H groups in total. The number of hydrogen-bond acceptors (Lipinski definition) is 2. The molecule has 0 aliphatic rings. The van der Waals surface area contributed by atoms with E-state index < -0.39 is 0 Å². The molecule has 1 rings (SSSR count). The summed E-state index contributed by atoms with van der Waals surface area (Å²) in [7, 11) is 0. The average molecular weight is 285 g/mol. The van der Waals surface area contributed by atoms with Crippen molar-refractivity contribution in [2.24, 2.45) is 11.7 Å². The largest absolute Gasteiger partial charge is 0.327 e. The maximum absolute atomic E-state index is 11.6. The van der Waals surface area contributed by atoms with Crippen LogP contribution < -0.4 is 11.1 Å². The fourth-order valence-electron chi connectivity index (χ4n) is 1.23. The zero-order valence-electron chi connectivity index (χ0n) is 9.53. The summed E-state index contributed by atoms with van der Waals surface area (Å²) in [5.74, 6) is 0.271. The Bertz CT molecular complexity index is 366. The van der Waals surface area contributed by atoms with Crippen molar-refractivity contribution in [2.45, 2.75) is 26.3 Å². The lowest BCUT2D eigenvalue weighted by atomic mass is 10.0. The number of nitrogens with two attached hydrogens (primary N) is 1. The van der Waals surface area contributed by atoms with Gasteiger partial charge in [0.25, 0.3) is 0 Å². The molecule has 3 nitrogen and oxygen atoms in total. The van der Waals surface area contributed by atoms with Gasteiger partial charge < -0.3 is 11.1 Å². The Morgan fingerprint density at radius 1 is 1.50 bits per heavy atom. The Labute approximate surface area is 105 Å². The van der Waals surface area contributed by atoms with E-state index in [1.165, 1.54) is 0 Å². The van der Waals surface area contributed by atoms with Gasteiger partial charge in [0.05, 0.1) is 0 Å². The van der Waals surface area contributed by atoms with Crippen molar-refractivity contribution < 1.29 is 4.79 Å². The van der Waals surface area contributed by atoms with Gasteiger partial charge in [-0.2, -0.15) is 0 Å². The minimum Gasteiger partial charge on any atom is -0.327 e. The summed E-state index contributed by atoms with van der Waals surface area (Å²) >= 11 is 3.35. The molecular weight excluding hydrogens is 268 g/mol. The second kappa shape index (κ2) is 6.01. The standard InChI is InChI=1S/C12H17BrN2O/c1-8(2)11(14)7-12(16)15-10-5-3-4-9(13)6-10/h3-6,8,11H,7,14H2,1-2H3,(H,15,16). The van der Waals surface area contributed by atoms with Crippen LogP contribution in [0.3, 0.4) is 0 Å². The molecule has 0 aliphatic carbocycles. The van der Waals surface area contributed by atoms with E-state index in [4.69, 9.17) is 5.73 Å². The van der Waals surface area contributed by atoms with E-state index in [0.717, 1.165) is 10.2 Å². The maximum atomic E-state index is 11.6. The molecule has 0 fully saturated rings. The molecule has 0 saturated carbocycles. The molecule has 4 heteroatoms. The van der Waals surface area contributed by atoms with Crippen molar-refractivity contribution in [1.29, 1.82) is 0 Å². The average Bonchev–Trinajstić information content (AvgIpc) is 2.16. The van der Waals surface area contributed by atoms with Gasteiger partial charge in [0.15, 0.2) is 0 Å². The summed E-state index contributed by atoms with van der Waals surface area (Å²) in [6.45, 7) is 4.02. The molecule has 1 amide bonds. The van der Waals surface area contributed by atoms with Gasteiger partial charge in [0, 0.05) is 22.6 Å². The predicted molar refractivity (Wildman–Crippen MR) is 70.2 cm³/mol. The van der Waals surface area contributed by atoms with Crippen molar-refractivity contribution in [3.05, 3.63) is 28.7 Å². The molecule has 0 heterocycles. The molecule has 0 radical (unpaired) electrons. The number of carbonyl (C=O) groups excluding carboxylic acids is 1. The van der Waals surface area contributed by atoms with Crippen LogP contribution in [-0.2, 0) is 4.79 Å². The van der Waals surface area contributed by atoms with Crippen LogP contribution >= 0.6 is 15.9 Å². The molecule has 1 aromatic rings. The summed E-state index contributed by atoms with van der Waals surface area (Å²) in [6.07, 6.45) is 0.351. The highest BCUT2D eigenvalue weighted by Gasteiger charge is 2.12. The van der Waals surface area contributed by atoms with Crippen LogP contribution in [0.25, 0.3) is 0 Å². The summed E-state index contributed by atoms with van der Waals surface area (Å²) in [5.41, 5.74) is 6.62. The highest BCUT2D eigenvalue weighted by Crippen LogP contribution is 2.16. The lowest BCUT2D eigenvalue weighted by Gasteiger charge is -2.15. The lowest BCUT2D eigenvalue weighted by Crippen LogP contribution is -2.31. The van der Waals surface area contributed by atoms with Crippen molar-refractivity contribution >= 4 is 27.5 Å². The van der Waals surface area contributed by atoms with Crippen LogP contribution in [0.2, 0.25) is 0 Å². The molecule has 0 aromatic heterocycles. The molecule has 88 valence electrons. The summed E-state index contributed by atoms with van der Waals surface area (Å²) in [4.78, 5) is 11.6. The third kappa shape index (κ3) is 4.33. The highest BCUT2D eigenvalue weighted by molar-refractivity contribution is 9.10. The molecule has 0 bridgehead atoms. The number of nitrogens with one attached hydrogen (secondary N) is 1. The molecule has 1 atom stereocenters. The first-order valence-electron chi connectivity index (χ1n) is 5.30. The SMILES string of the molecule is CC(C)C(N)CC(=O)Nc1cccc(Br)c1. The number of carbonyl (C=O) groups is 1. The molecule has 0 spiro atoms. The highest BCUT2D eigenvalue weighted by atomic mass is 79.9. The Morgan fingerprint density at radius 2 is 2.19 bits per heavy atom. The molecule has 16 heavy (non-hydrogen) atoms. The second-order valence-electron chi connectivity index (χ2n) is 4.17. The number of amides is 1. The third-order valence-corrected chi connectivity index (χ3v) is 2.88. The quantitative estimate of drug-likeness (QED) is 0.893. The Morgan fingerprint density at radius 3 is 2.75 bits per heavy atom. The van der Waals surface area contributed by atoms with E-state index in [1.54, 1.807) is 0 Å². The minimum atomic E-state index is -0.0906. The van der Waals surface area contributed by atoms with E-state index in [9.17, 15) is 4.79 Å². The molecule has 1 unspecified atom stereocenters. The minimum absolute atomic E-state index is 0.0423. The zero-order chi connectivity index (χ0) is 12.1. The van der Waals surface area contributed by atoms with Gasteiger partial charge in [0.2, 0.25) is 5.91 Å². The molecule has 0 saturated heterocycles.